The Hall–Kier alpha value is -2.89. The van der Waals surface area contributed by atoms with Gasteiger partial charge in [0.25, 0.3) is 0 Å². The van der Waals surface area contributed by atoms with Crippen molar-refractivity contribution in [2.45, 2.75) is 32.8 Å². The number of carbonyl (C=O) groups is 1. The van der Waals surface area contributed by atoms with E-state index >= 15 is 0 Å². The van der Waals surface area contributed by atoms with Crippen LogP contribution in [-0.2, 0) is 17.6 Å². The van der Waals surface area contributed by atoms with Gasteiger partial charge in [-0.3, -0.25) is 0 Å². The molecular weight excluding hydrogens is 428 g/mol. The van der Waals surface area contributed by atoms with Crippen LogP contribution in [0.4, 0.5) is 5.69 Å². The number of rotatable bonds is 3. The lowest BCUT2D eigenvalue weighted by Gasteiger charge is -2.22. The fraction of sp³-hybridized carbons (Fsp3) is 0.200. The van der Waals surface area contributed by atoms with E-state index in [4.69, 9.17) is 27.1 Å². The van der Waals surface area contributed by atoms with Crippen LogP contribution in [0.2, 0.25) is 5.02 Å². The maximum absolute atomic E-state index is 12.7. The third-order valence-corrected chi connectivity index (χ3v) is 6.89. The number of esters is 1. The summed E-state index contributed by atoms with van der Waals surface area (Å²) in [5.74, 6) is -0.407. The molecule has 0 atom stereocenters. The van der Waals surface area contributed by atoms with Gasteiger partial charge in [0.05, 0.1) is 17.5 Å². The summed E-state index contributed by atoms with van der Waals surface area (Å²) in [6, 6.07) is 16.1. The standard InChI is InChI=1S/C25H21ClN2O2S/c1-13(2)30-25(29)23-21(27)20-19(15-7-10-16(26)11-8-15)18-12-9-14-5-3-4-6-17(14)22(18)28-24(20)31-23/h3-8,10-11,13H,9,12,27H2,1-2H3. The molecule has 0 fully saturated rings. The number of ether oxygens (including phenoxy) is 1. The number of nitrogens with two attached hydrogens (primary N) is 1. The zero-order valence-corrected chi connectivity index (χ0v) is 18.8. The number of carbonyl (C=O) groups excluding carboxylic acids is 1. The molecule has 31 heavy (non-hydrogen) atoms. The van der Waals surface area contributed by atoms with Crippen molar-refractivity contribution >= 4 is 44.8 Å². The van der Waals surface area contributed by atoms with Crippen LogP contribution < -0.4 is 5.73 Å². The van der Waals surface area contributed by atoms with Crippen LogP contribution in [0.15, 0.2) is 48.5 Å². The number of benzene rings is 2. The van der Waals surface area contributed by atoms with E-state index in [1.165, 1.54) is 16.9 Å². The zero-order valence-electron chi connectivity index (χ0n) is 17.2. The predicted octanol–water partition coefficient (Wildman–Crippen LogP) is 6.53. The summed E-state index contributed by atoms with van der Waals surface area (Å²) in [6.07, 6.45) is 1.57. The second-order valence-electron chi connectivity index (χ2n) is 7.96. The number of anilines is 1. The van der Waals surface area contributed by atoms with Gasteiger partial charge in [0.1, 0.15) is 9.71 Å². The highest BCUT2D eigenvalue weighted by Gasteiger charge is 2.28. The zero-order chi connectivity index (χ0) is 21.7. The number of nitrogens with zero attached hydrogens (tertiary/aromatic N) is 1. The maximum Gasteiger partial charge on any atom is 0.350 e. The molecule has 0 amide bonds. The van der Waals surface area contributed by atoms with Gasteiger partial charge in [0.15, 0.2) is 0 Å². The van der Waals surface area contributed by atoms with Gasteiger partial charge in [-0.05, 0) is 61.1 Å². The van der Waals surface area contributed by atoms with Crippen LogP contribution in [0.5, 0.6) is 0 Å². The van der Waals surface area contributed by atoms with Crippen LogP contribution in [0.3, 0.4) is 0 Å². The van der Waals surface area contributed by atoms with Crippen molar-refractivity contribution < 1.29 is 9.53 Å². The Kier molecular flexibility index (Phi) is 4.95. The second-order valence-corrected chi connectivity index (χ2v) is 9.39. The molecule has 0 aliphatic heterocycles. The molecule has 2 aromatic heterocycles. The minimum absolute atomic E-state index is 0.221. The number of hydrogen-bond donors (Lipinski definition) is 1. The van der Waals surface area contributed by atoms with Crippen molar-refractivity contribution in [3.8, 4) is 22.4 Å². The summed E-state index contributed by atoms with van der Waals surface area (Å²) in [5.41, 5.74) is 13.6. The molecule has 4 aromatic rings. The summed E-state index contributed by atoms with van der Waals surface area (Å²) >= 11 is 7.45. The number of thiophene rings is 1. The summed E-state index contributed by atoms with van der Waals surface area (Å²) < 4.78 is 5.44. The van der Waals surface area contributed by atoms with Gasteiger partial charge in [-0.25, -0.2) is 9.78 Å². The molecule has 0 spiro atoms. The lowest BCUT2D eigenvalue weighted by Crippen LogP contribution is -2.11. The Balaban J connectivity index is 1.84. The number of nitrogen functional groups attached to an aromatic ring is 1. The lowest BCUT2D eigenvalue weighted by atomic mass is 9.84. The quantitative estimate of drug-likeness (QED) is 0.362. The minimum Gasteiger partial charge on any atom is -0.459 e. The van der Waals surface area contributed by atoms with E-state index in [2.05, 4.69) is 18.2 Å². The van der Waals surface area contributed by atoms with Crippen LogP contribution in [0.1, 0.15) is 34.6 Å². The number of fused-ring (bicyclic) bond motifs is 4. The molecule has 2 aromatic carbocycles. The van der Waals surface area contributed by atoms with E-state index < -0.39 is 5.97 Å². The van der Waals surface area contributed by atoms with Gasteiger partial charge in [-0.15, -0.1) is 11.3 Å². The third kappa shape index (κ3) is 3.38. The maximum atomic E-state index is 12.7. The molecule has 6 heteroatoms. The summed E-state index contributed by atoms with van der Waals surface area (Å²) in [5, 5.41) is 1.49. The molecular formula is C25H21ClN2O2S. The fourth-order valence-corrected chi connectivity index (χ4v) is 5.35. The Bertz CT molecular complexity index is 1330. The van der Waals surface area contributed by atoms with E-state index in [0.717, 1.165) is 51.0 Å². The van der Waals surface area contributed by atoms with E-state index in [1.54, 1.807) is 0 Å². The largest absolute Gasteiger partial charge is 0.459 e. The normalized spacial score (nSPS) is 12.6. The van der Waals surface area contributed by atoms with Gasteiger partial charge in [-0.2, -0.15) is 0 Å². The van der Waals surface area contributed by atoms with Crippen molar-refractivity contribution in [1.29, 1.82) is 0 Å². The number of halogens is 1. The van der Waals surface area contributed by atoms with Crippen molar-refractivity contribution in [1.82, 2.24) is 4.98 Å². The van der Waals surface area contributed by atoms with E-state index in [9.17, 15) is 4.79 Å². The summed E-state index contributed by atoms with van der Waals surface area (Å²) in [4.78, 5) is 18.9. The van der Waals surface area contributed by atoms with E-state index in [-0.39, 0.29) is 6.10 Å². The van der Waals surface area contributed by atoms with Gasteiger partial charge in [-0.1, -0.05) is 48.0 Å². The Morgan fingerprint density at radius 1 is 1.13 bits per heavy atom. The first kappa shape index (κ1) is 20.0. The summed E-state index contributed by atoms with van der Waals surface area (Å²) in [6.45, 7) is 3.66. The molecule has 1 aliphatic carbocycles. The Morgan fingerprint density at radius 3 is 2.61 bits per heavy atom. The van der Waals surface area contributed by atoms with Crippen LogP contribution >= 0.6 is 22.9 Å². The molecule has 0 bridgehead atoms. The molecule has 0 saturated heterocycles. The molecule has 156 valence electrons. The average molecular weight is 449 g/mol. The minimum atomic E-state index is -0.407. The first-order valence-corrected chi connectivity index (χ1v) is 11.4. The summed E-state index contributed by atoms with van der Waals surface area (Å²) in [7, 11) is 0. The third-order valence-electron chi connectivity index (χ3n) is 5.56. The number of pyridine rings is 1. The highest BCUT2D eigenvalue weighted by atomic mass is 35.5. The van der Waals surface area contributed by atoms with Gasteiger partial charge in [0, 0.05) is 16.0 Å². The Labute approximate surface area is 189 Å². The van der Waals surface area contributed by atoms with E-state index in [1.807, 2.05) is 44.2 Å². The molecule has 0 unspecified atom stereocenters. The van der Waals surface area contributed by atoms with Gasteiger partial charge >= 0.3 is 5.97 Å². The molecule has 0 radical (unpaired) electrons. The fourth-order valence-electron chi connectivity index (χ4n) is 4.24. The number of hydrogen-bond acceptors (Lipinski definition) is 5. The van der Waals surface area contributed by atoms with Crippen LogP contribution in [-0.4, -0.2) is 17.1 Å². The first-order valence-electron chi connectivity index (χ1n) is 10.2. The SMILES string of the molecule is CC(C)OC(=O)c1sc2nc3c(c(-c4ccc(Cl)cc4)c2c1N)CCc1ccccc1-3. The van der Waals surface area contributed by atoms with Crippen molar-refractivity contribution in [2.75, 3.05) is 5.73 Å². The van der Waals surface area contributed by atoms with Crippen LogP contribution in [0.25, 0.3) is 32.6 Å². The van der Waals surface area contributed by atoms with Crippen molar-refractivity contribution in [3.05, 3.63) is 69.6 Å². The smallest absolute Gasteiger partial charge is 0.350 e. The van der Waals surface area contributed by atoms with Gasteiger partial charge in [0.2, 0.25) is 0 Å². The number of aromatic nitrogens is 1. The average Bonchev–Trinajstić information content (AvgIpc) is 3.09. The molecule has 1 aliphatic rings. The molecule has 4 nitrogen and oxygen atoms in total. The molecule has 2 heterocycles. The second kappa shape index (κ2) is 7.66. The number of aryl methyl sites for hydroxylation is 1. The molecule has 0 saturated carbocycles. The van der Waals surface area contributed by atoms with Gasteiger partial charge < -0.3 is 10.5 Å². The Morgan fingerprint density at radius 2 is 1.87 bits per heavy atom. The highest BCUT2D eigenvalue weighted by Crippen LogP contribution is 2.46. The van der Waals surface area contributed by atoms with E-state index in [0.29, 0.717) is 15.6 Å². The van der Waals surface area contributed by atoms with Crippen molar-refractivity contribution in [2.24, 2.45) is 0 Å². The molecule has 2 N–H and O–H groups in total. The van der Waals surface area contributed by atoms with Crippen molar-refractivity contribution in [3.63, 3.8) is 0 Å². The first-order chi connectivity index (χ1) is 14.9. The highest BCUT2D eigenvalue weighted by molar-refractivity contribution is 7.21. The topological polar surface area (TPSA) is 65.2 Å². The van der Waals surface area contributed by atoms with Crippen LogP contribution in [0, 0.1) is 0 Å². The molecule has 5 rings (SSSR count). The lowest BCUT2D eigenvalue weighted by molar-refractivity contribution is 0.0385. The predicted molar refractivity (Wildman–Crippen MR) is 128 cm³/mol. The monoisotopic (exact) mass is 448 g/mol.